The van der Waals surface area contributed by atoms with E-state index in [9.17, 15) is 0 Å². The van der Waals surface area contributed by atoms with Crippen LogP contribution in [0.2, 0.25) is 0 Å². The first-order valence-electron chi connectivity index (χ1n) is 3.88. The molecule has 0 saturated heterocycles. The van der Waals surface area contributed by atoms with Crippen LogP contribution in [0.1, 0.15) is 39.0 Å². The number of methoxy groups -OCH3 is 1. The predicted molar refractivity (Wildman–Crippen MR) is 38.5 cm³/mol. The van der Waals surface area contributed by atoms with E-state index in [1.54, 1.807) is 0 Å². The van der Waals surface area contributed by atoms with E-state index in [0.29, 0.717) is 0 Å². The van der Waals surface area contributed by atoms with Crippen LogP contribution < -0.4 is 0 Å². The van der Waals surface area contributed by atoms with Crippen LogP contribution in [0.15, 0.2) is 0 Å². The molecule has 0 aromatic carbocycles. The zero-order valence-electron chi connectivity index (χ0n) is 6.44. The van der Waals surface area contributed by atoms with Gasteiger partial charge in [-0.2, -0.15) is 0 Å². The van der Waals surface area contributed by atoms with Crippen LogP contribution in [-0.4, -0.2) is 12.7 Å². The first-order valence-corrected chi connectivity index (χ1v) is 3.88. The molecule has 1 rings (SSSR count). The summed E-state index contributed by atoms with van der Waals surface area (Å²) in [4.78, 5) is 0. The summed E-state index contributed by atoms with van der Waals surface area (Å²) in [6.45, 7) is 2.22. The molecule has 1 aliphatic carbocycles. The first kappa shape index (κ1) is 7.07. The second kappa shape index (κ2) is 2.70. The van der Waals surface area contributed by atoms with Crippen LogP contribution >= 0.6 is 0 Å². The van der Waals surface area contributed by atoms with Gasteiger partial charge in [0.1, 0.15) is 0 Å². The van der Waals surface area contributed by atoms with Crippen LogP contribution in [0.25, 0.3) is 0 Å². The minimum absolute atomic E-state index is 0.278. The highest BCUT2D eigenvalue weighted by Crippen LogP contribution is 2.34. The summed E-state index contributed by atoms with van der Waals surface area (Å²) < 4.78 is 5.45. The topological polar surface area (TPSA) is 9.23 Å². The van der Waals surface area contributed by atoms with Crippen molar-refractivity contribution in [3.8, 4) is 0 Å². The zero-order valence-corrected chi connectivity index (χ0v) is 6.44. The first-order chi connectivity index (χ1) is 4.33. The Hall–Kier alpha value is -0.0400. The summed E-state index contributed by atoms with van der Waals surface area (Å²) in [7, 11) is 1.84. The lowest BCUT2D eigenvalue weighted by Gasteiger charge is -2.25. The van der Waals surface area contributed by atoms with Crippen molar-refractivity contribution in [1.82, 2.24) is 0 Å². The molecule has 0 aromatic rings. The number of hydrogen-bond acceptors (Lipinski definition) is 1. The van der Waals surface area contributed by atoms with Crippen molar-refractivity contribution in [3.63, 3.8) is 0 Å². The van der Waals surface area contributed by atoms with Gasteiger partial charge in [0.05, 0.1) is 5.60 Å². The molecular weight excluding hydrogens is 112 g/mol. The molecule has 1 heteroatoms. The Kier molecular flexibility index (Phi) is 2.12. The zero-order chi connectivity index (χ0) is 6.74. The minimum atomic E-state index is 0.278. The summed E-state index contributed by atoms with van der Waals surface area (Å²) in [6, 6.07) is 0. The maximum atomic E-state index is 5.45. The number of ether oxygens (including phenoxy) is 1. The highest BCUT2D eigenvalue weighted by Gasteiger charge is 2.31. The summed E-state index contributed by atoms with van der Waals surface area (Å²) in [5, 5.41) is 0. The molecule has 0 atom stereocenters. The van der Waals surface area contributed by atoms with Crippen molar-refractivity contribution in [2.45, 2.75) is 44.6 Å². The highest BCUT2D eigenvalue weighted by molar-refractivity contribution is 4.84. The lowest BCUT2D eigenvalue weighted by molar-refractivity contribution is -0.00722. The van der Waals surface area contributed by atoms with Gasteiger partial charge < -0.3 is 4.74 Å². The summed E-state index contributed by atoms with van der Waals surface area (Å²) >= 11 is 0. The summed E-state index contributed by atoms with van der Waals surface area (Å²) in [5.74, 6) is 0. The van der Waals surface area contributed by atoms with E-state index in [-0.39, 0.29) is 5.60 Å². The summed E-state index contributed by atoms with van der Waals surface area (Å²) in [6.07, 6.45) is 6.47. The van der Waals surface area contributed by atoms with E-state index in [4.69, 9.17) is 4.74 Å². The van der Waals surface area contributed by atoms with Gasteiger partial charge >= 0.3 is 0 Å². The van der Waals surface area contributed by atoms with Crippen molar-refractivity contribution in [3.05, 3.63) is 0 Å². The molecule has 0 heterocycles. The lowest BCUT2D eigenvalue weighted by atomic mass is 9.99. The number of rotatable bonds is 2. The molecule has 0 aromatic heterocycles. The summed E-state index contributed by atoms with van der Waals surface area (Å²) in [5.41, 5.74) is 0.278. The van der Waals surface area contributed by atoms with Crippen LogP contribution in [0.5, 0.6) is 0 Å². The fourth-order valence-corrected chi connectivity index (χ4v) is 1.72. The third-order valence-electron chi connectivity index (χ3n) is 2.59. The third kappa shape index (κ3) is 1.26. The Bertz CT molecular complexity index is 76.6. The van der Waals surface area contributed by atoms with E-state index in [0.717, 1.165) is 0 Å². The molecule has 0 aliphatic heterocycles. The Morgan fingerprint density at radius 1 is 1.33 bits per heavy atom. The van der Waals surface area contributed by atoms with Crippen LogP contribution in [0.4, 0.5) is 0 Å². The van der Waals surface area contributed by atoms with Crippen molar-refractivity contribution in [2.75, 3.05) is 7.11 Å². The van der Waals surface area contributed by atoms with E-state index >= 15 is 0 Å². The monoisotopic (exact) mass is 128 g/mol. The fourth-order valence-electron chi connectivity index (χ4n) is 1.72. The van der Waals surface area contributed by atoms with Gasteiger partial charge in [-0.05, 0) is 19.3 Å². The third-order valence-corrected chi connectivity index (χ3v) is 2.59. The van der Waals surface area contributed by atoms with Gasteiger partial charge in [0.25, 0.3) is 0 Å². The molecule has 54 valence electrons. The Labute approximate surface area is 57.4 Å². The van der Waals surface area contributed by atoms with E-state index in [1.807, 2.05) is 7.11 Å². The average Bonchev–Trinajstić information content (AvgIpc) is 2.36. The Morgan fingerprint density at radius 3 is 2.11 bits per heavy atom. The molecule has 0 unspecified atom stereocenters. The molecule has 1 aliphatic rings. The quantitative estimate of drug-likeness (QED) is 0.554. The molecule has 1 nitrogen and oxygen atoms in total. The molecule has 1 saturated carbocycles. The largest absolute Gasteiger partial charge is 0.378 e. The standard InChI is InChI=1S/C8H16O/c1-3-8(9-2)6-4-5-7-8/h3-7H2,1-2H3. The van der Waals surface area contributed by atoms with Crippen molar-refractivity contribution in [2.24, 2.45) is 0 Å². The predicted octanol–water partition coefficient (Wildman–Crippen LogP) is 2.36. The van der Waals surface area contributed by atoms with Gasteiger partial charge in [0.15, 0.2) is 0 Å². The lowest BCUT2D eigenvalue weighted by Crippen LogP contribution is -2.25. The van der Waals surface area contributed by atoms with Crippen molar-refractivity contribution < 1.29 is 4.74 Å². The van der Waals surface area contributed by atoms with Crippen LogP contribution in [0.3, 0.4) is 0 Å². The normalized spacial score (nSPS) is 24.7. The van der Waals surface area contributed by atoms with Gasteiger partial charge in [-0.15, -0.1) is 0 Å². The molecule has 0 spiro atoms. The highest BCUT2D eigenvalue weighted by atomic mass is 16.5. The molecule has 0 radical (unpaired) electrons. The SMILES string of the molecule is CCC1(OC)CCCC1. The molecule has 0 N–H and O–H groups in total. The molecule has 0 amide bonds. The van der Waals surface area contributed by atoms with Crippen LogP contribution in [-0.2, 0) is 4.74 Å². The van der Waals surface area contributed by atoms with Crippen LogP contribution in [0, 0.1) is 0 Å². The Morgan fingerprint density at radius 2 is 1.89 bits per heavy atom. The van der Waals surface area contributed by atoms with Gasteiger partial charge in [-0.25, -0.2) is 0 Å². The molecule has 0 bridgehead atoms. The van der Waals surface area contributed by atoms with Gasteiger partial charge in [0, 0.05) is 7.11 Å². The van der Waals surface area contributed by atoms with E-state index in [1.165, 1.54) is 32.1 Å². The average molecular weight is 128 g/mol. The molecule has 9 heavy (non-hydrogen) atoms. The second-order valence-corrected chi connectivity index (χ2v) is 2.95. The maximum Gasteiger partial charge on any atom is 0.0676 e. The van der Waals surface area contributed by atoms with E-state index in [2.05, 4.69) is 6.92 Å². The Balaban J connectivity index is 2.45. The van der Waals surface area contributed by atoms with Gasteiger partial charge in [-0.1, -0.05) is 19.8 Å². The van der Waals surface area contributed by atoms with Crippen molar-refractivity contribution in [1.29, 1.82) is 0 Å². The second-order valence-electron chi connectivity index (χ2n) is 2.95. The van der Waals surface area contributed by atoms with E-state index < -0.39 is 0 Å². The van der Waals surface area contributed by atoms with Gasteiger partial charge in [-0.3, -0.25) is 0 Å². The smallest absolute Gasteiger partial charge is 0.0676 e. The number of hydrogen-bond donors (Lipinski definition) is 0. The fraction of sp³-hybridized carbons (Fsp3) is 1.00. The molecule has 1 fully saturated rings. The van der Waals surface area contributed by atoms with Crippen molar-refractivity contribution >= 4 is 0 Å². The maximum absolute atomic E-state index is 5.45. The molecular formula is C8H16O. The van der Waals surface area contributed by atoms with Gasteiger partial charge in [0.2, 0.25) is 0 Å². The minimum Gasteiger partial charge on any atom is -0.378 e.